The molecule has 0 aliphatic rings. The Labute approximate surface area is 138 Å². The highest BCUT2D eigenvalue weighted by molar-refractivity contribution is 6.33. The Balaban J connectivity index is 1.90. The fraction of sp³-hybridized carbons (Fsp3) is 0.267. The molecule has 1 aromatic heterocycles. The van der Waals surface area contributed by atoms with Crippen molar-refractivity contribution in [3.63, 3.8) is 0 Å². The van der Waals surface area contributed by atoms with Crippen LogP contribution in [0.2, 0.25) is 5.02 Å². The number of amides is 1. The largest absolute Gasteiger partial charge is 0.508 e. The molecular formula is C15H16ClN3O4. The molecule has 0 bridgehead atoms. The van der Waals surface area contributed by atoms with E-state index in [9.17, 15) is 9.90 Å². The maximum Gasteiger partial charge on any atom is 0.253 e. The Morgan fingerprint density at radius 1 is 1.26 bits per heavy atom. The Bertz CT molecular complexity index is 664. The summed E-state index contributed by atoms with van der Waals surface area (Å²) in [6, 6.07) is 7.52. The van der Waals surface area contributed by atoms with Crippen molar-refractivity contribution in [1.82, 2.24) is 15.5 Å². The first-order chi connectivity index (χ1) is 11.1. The van der Waals surface area contributed by atoms with Gasteiger partial charge in [0.25, 0.3) is 5.91 Å². The van der Waals surface area contributed by atoms with Crippen LogP contribution in [0.15, 0.2) is 30.3 Å². The molecule has 0 radical (unpaired) electrons. The number of hydrogen-bond donors (Lipinski definition) is 2. The van der Waals surface area contributed by atoms with Crippen LogP contribution in [0.5, 0.6) is 11.6 Å². The predicted molar refractivity (Wildman–Crippen MR) is 83.7 cm³/mol. The van der Waals surface area contributed by atoms with Gasteiger partial charge >= 0.3 is 0 Å². The van der Waals surface area contributed by atoms with Gasteiger partial charge in [0.2, 0.25) is 5.88 Å². The number of nitrogens with zero attached hydrogens (tertiary/aromatic N) is 2. The Morgan fingerprint density at radius 2 is 2.09 bits per heavy atom. The van der Waals surface area contributed by atoms with E-state index in [1.807, 2.05) is 0 Å². The summed E-state index contributed by atoms with van der Waals surface area (Å²) in [5, 5.41) is 20.2. The van der Waals surface area contributed by atoms with Gasteiger partial charge in [-0.3, -0.25) is 4.79 Å². The van der Waals surface area contributed by atoms with Gasteiger partial charge in [0, 0.05) is 13.2 Å². The molecule has 2 aromatic rings. The predicted octanol–water partition coefficient (Wildman–Crippen LogP) is 1.79. The Hall–Kier alpha value is -2.38. The number of ether oxygens (including phenoxy) is 2. The van der Waals surface area contributed by atoms with E-state index in [0.717, 1.165) is 0 Å². The van der Waals surface area contributed by atoms with Crippen molar-refractivity contribution < 1.29 is 19.4 Å². The van der Waals surface area contributed by atoms with Crippen LogP contribution in [0.3, 0.4) is 0 Å². The topological polar surface area (TPSA) is 93.6 Å². The lowest BCUT2D eigenvalue weighted by atomic mass is 10.2. The van der Waals surface area contributed by atoms with Crippen molar-refractivity contribution in [3.8, 4) is 11.6 Å². The van der Waals surface area contributed by atoms with E-state index in [-0.39, 0.29) is 22.9 Å². The smallest absolute Gasteiger partial charge is 0.253 e. The number of nitrogens with one attached hydrogen (secondary N) is 1. The van der Waals surface area contributed by atoms with Crippen molar-refractivity contribution in [2.45, 2.75) is 6.54 Å². The maximum atomic E-state index is 12.0. The molecule has 1 heterocycles. The molecule has 7 nitrogen and oxygen atoms in total. The number of hydrogen-bond acceptors (Lipinski definition) is 6. The molecule has 0 unspecified atom stereocenters. The van der Waals surface area contributed by atoms with Gasteiger partial charge in [-0.1, -0.05) is 11.6 Å². The minimum Gasteiger partial charge on any atom is -0.508 e. The van der Waals surface area contributed by atoms with Crippen LogP contribution in [0.4, 0.5) is 0 Å². The van der Waals surface area contributed by atoms with E-state index in [1.165, 1.54) is 18.2 Å². The molecule has 2 N–H and O–H groups in total. The third-order valence-electron chi connectivity index (χ3n) is 2.86. The van der Waals surface area contributed by atoms with Crippen molar-refractivity contribution in [2.75, 3.05) is 20.3 Å². The average molecular weight is 338 g/mol. The number of aromatic nitrogens is 2. The molecular weight excluding hydrogens is 322 g/mol. The molecule has 0 aliphatic carbocycles. The molecule has 0 aliphatic heterocycles. The quantitative estimate of drug-likeness (QED) is 0.748. The molecule has 0 fully saturated rings. The summed E-state index contributed by atoms with van der Waals surface area (Å²) in [5.41, 5.74) is 0.757. The first-order valence-electron chi connectivity index (χ1n) is 6.81. The number of carbonyl (C=O) groups is 1. The molecule has 122 valence electrons. The highest BCUT2D eigenvalue weighted by Gasteiger charge is 2.11. The van der Waals surface area contributed by atoms with Gasteiger partial charge in [-0.2, -0.15) is 5.10 Å². The van der Waals surface area contributed by atoms with Crippen molar-refractivity contribution >= 4 is 17.5 Å². The lowest BCUT2D eigenvalue weighted by Crippen LogP contribution is -2.23. The number of phenols is 1. The molecule has 0 spiro atoms. The number of halogens is 1. The van der Waals surface area contributed by atoms with E-state index in [1.54, 1.807) is 19.2 Å². The molecule has 0 saturated carbocycles. The first kappa shape index (κ1) is 17.0. The summed E-state index contributed by atoms with van der Waals surface area (Å²) in [6.07, 6.45) is 0. The molecule has 1 aromatic carbocycles. The fourth-order valence-electron chi connectivity index (χ4n) is 1.70. The zero-order valence-corrected chi connectivity index (χ0v) is 13.2. The highest BCUT2D eigenvalue weighted by Crippen LogP contribution is 2.21. The molecule has 8 heteroatoms. The first-order valence-corrected chi connectivity index (χ1v) is 7.19. The lowest BCUT2D eigenvalue weighted by molar-refractivity contribution is 0.0950. The van der Waals surface area contributed by atoms with Gasteiger partial charge in [-0.15, -0.1) is 5.10 Å². The second-order valence-corrected chi connectivity index (χ2v) is 4.96. The van der Waals surface area contributed by atoms with Crippen LogP contribution >= 0.6 is 11.6 Å². The van der Waals surface area contributed by atoms with E-state index in [4.69, 9.17) is 21.1 Å². The van der Waals surface area contributed by atoms with Gasteiger partial charge < -0.3 is 19.9 Å². The monoisotopic (exact) mass is 337 g/mol. The third-order valence-corrected chi connectivity index (χ3v) is 3.19. The van der Waals surface area contributed by atoms with Crippen LogP contribution in [0, 0.1) is 0 Å². The summed E-state index contributed by atoms with van der Waals surface area (Å²) >= 11 is 5.93. The maximum absolute atomic E-state index is 12.0. The molecule has 1 amide bonds. The van der Waals surface area contributed by atoms with Gasteiger partial charge in [0.15, 0.2) is 0 Å². The van der Waals surface area contributed by atoms with Gasteiger partial charge in [-0.05, 0) is 24.3 Å². The third kappa shape index (κ3) is 5.08. The van der Waals surface area contributed by atoms with E-state index < -0.39 is 5.91 Å². The lowest BCUT2D eigenvalue weighted by Gasteiger charge is -2.07. The van der Waals surface area contributed by atoms with Crippen molar-refractivity contribution in [2.24, 2.45) is 0 Å². The van der Waals surface area contributed by atoms with Gasteiger partial charge in [0.1, 0.15) is 12.4 Å². The number of methoxy groups -OCH3 is 1. The summed E-state index contributed by atoms with van der Waals surface area (Å²) in [7, 11) is 1.58. The second kappa shape index (κ2) is 8.30. The molecule has 23 heavy (non-hydrogen) atoms. The summed E-state index contributed by atoms with van der Waals surface area (Å²) in [5.74, 6) is -0.0572. The molecule has 2 rings (SSSR count). The standard InChI is InChI=1S/C15H16ClN3O4/c1-22-6-7-23-14-5-2-10(18-19-14)9-17-15(21)12-8-11(20)3-4-13(12)16/h2-5,8,20H,6-7,9H2,1H3,(H,17,21). The average Bonchev–Trinajstić information content (AvgIpc) is 2.56. The SMILES string of the molecule is COCCOc1ccc(CNC(=O)c2cc(O)ccc2Cl)nn1. The normalized spacial score (nSPS) is 10.3. The Kier molecular flexibility index (Phi) is 6.13. The van der Waals surface area contributed by atoms with Gasteiger partial charge in [-0.25, -0.2) is 0 Å². The number of phenolic OH excluding ortho intramolecular Hbond substituents is 1. The fourth-order valence-corrected chi connectivity index (χ4v) is 1.91. The summed E-state index contributed by atoms with van der Waals surface area (Å²) in [4.78, 5) is 12.0. The van der Waals surface area contributed by atoms with Crippen LogP contribution in [-0.2, 0) is 11.3 Å². The minimum absolute atomic E-state index is 0.0306. The summed E-state index contributed by atoms with van der Waals surface area (Å²) in [6.45, 7) is 1.03. The number of rotatable bonds is 7. The van der Waals surface area contributed by atoms with Crippen LogP contribution in [0.1, 0.15) is 16.1 Å². The summed E-state index contributed by atoms with van der Waals surface area (Å²) < 4.78 is 10.2. The zero-order chi connectivity index (χ0) is 16.7. The van der Waals surface area contributed by atoms with Crippen LogP contribution < -0.4 is 10.1 Å². The van der Waals surface area contributed by atoms with Crippen LogP contribution in [0.25, 0.3) is 0 Å². The second-order valence-electron chi connectivity index (χ2n) is 4.55. The van der Waals surface area contributed by atoms with Crippen molar-refractivity contribution in [1.29, 1.82) is 0 Å². The molecule has 0 atom stereocenters. The molecule has 0 saturated heterocycles. The number of benzene rings is 1. The van der Waals surface area contributed by atoms with E-state index in [0.29, 0.717) is 24.8 Å². The zero-order valence-electron chi connectivity index (χ0n) is 12.5. The highest BCUT2D eigenvalue weighted by atomic mass is 35.5. The van der Waals surface area contributed by atoms with E-state index >= 15 is 0 Å². The van der Waals surface area contributed by atoms with Crippen LogP contribution in [-0.4, -0.2) is 41.5 Å². The van der Waals surface area contributed by atoms with Gasteiger partial charge in [0.05, 0.1) is 29.4 Å². The van der Waals surface area contributed by atoms with Crippen molar-refractivity contribution in [3.05, 3.63) is 46.6 Å². The number of carbonyl (C=O) groups excluding carboxylic acids is 1. The van der Waals surface area contributed by atoms with E-state index in [2.05, 4.69) is 15.5 Å². The minimum atomic E-state index is -0.409. The number of aromatic hydroxyl groups is 1. The Morgan fingerprint density at radius 3 is 2.78 bits per heavy atom.